The highest BCUT2D eigenvalue weighted by atomic mass is 16.5. The van der Waals surface area contributed by atoms with Crippen LogP contribution in [0.25, 0.3) is 0 Å². The smallest absolute Gasteiger partial charge is 0.257 e. The maximum atomic E-state index is 12.7. The molecule has 1 spiro atoms. The van der Waals surface area contributed by atoms with E-state index in [0.717, 1.165) is 12.3 Å². The fraction of sp³-hybridized carbons (Fsp3) is 0.684. The van der Waals surface area contributed by atoms with E-state index in [-0.39, 0.29) is 23.5 Å². The van der Waals surface area contributed by atoms with Gasteiger partial charge in [-0.15, -0.1) is 0 Å². The van der Waals surface area contributed by atoms with E-state index in [9.17, 15) is 9.59 Å². The number of likely N-dealkylation sites (tertiary alicyclic amines) is 1. The van der Waals surface area contributed by atoms with Crippen molar-refractivity contribution in [3.8, 4) is 0 Å². The predicted octanol–water partition coefficient (Wildman–Crippen LogP) is 0.948. The van der Waals surface area contributed by atoms with Crippen LogP contribution in [0, 0.1) is 19.8 Å². The van der Waals surface area contributed by atoms with Crippen LogP contribution in [-0.2, 0) is 9.53 Å². The molecule has 1 saturated carbocycles. The van der Waals surface area contributed by atoms with Crippen molar-refractivity contribution in [2.75, 3.05) is 39.8 Å². The number of nitrogens with one attached hydrogen (secondary N) is 1. The lowest BCUT2D eigenvalue weighted by Gasteiger charge is -2.55. The SMILES string of the molecule is CNC(=O)[C@@H]1COC2(CN(C(=O)c3cc(C)oc3C)C2)CN1CC1CC1. The van der Waals surface area contributed by atoms with Crippen LogP contribution < -0.4 is 5.32 Å². The summed E-state index contributed by atoms with van der Waals surface area (Å²) in [6.07, 6.45) is 2.49. The molecule has 1 atom stereocenters. The molecule has 1 aromatic rings. The van der Waals surface area contributed by atoms with Gasteiger partial charge in [-0.05, 0) is 38.7 Å². The third-order valence-corrected chi connectivity index (χ3v) is 5.73. The van der Waals surface area contributed by atoms with Crippen molar-refractivity contribution in [1.29, 1.82) is 0 Å². The number of nitrogens with zero attached hydrogens (tertiary/aromatic N) is 2. The average molecular weight is 361 g/mol. The first-order chi connectivity index (χ1) is 12.4. The highest BCUT2D eigenvalue weighted by molar-refractivity contribution is 5.96. The topological polar surface area (TPSA) is 75.0 Å². The average Bonchev–Trinajstić information content (AvgIpc) is 3.33. The minimum absolute atomic E-state index is 0.00394. The van der Waals surface area contributed by atoms with Crippen LogP contribution in [0.3, 0.4) is 0 Å². The lowest BCUT2D eigenvalue weighted by molar-refractivity contribution is -0.191. The van der Waals surface area contributed by atoms with Crippen molar-refractivity contribution < 1.29 is 18.7 Å². The lowest BCUT2D eigenvalue weighted by Crippen LogP contribution is -2.73. The molecule has 0 unspecified atom stereocenters. The minimum atomic E-state index is -0.345. The molecule has 0 bridgehead atoms. The molecule has 26 heavy (non-hydrogen) atoms. The number of rotatable bonds is 4. The molecule has 4 rings (SSSR count). The molecule has 1 N–H and O–H groups in total. The van der Waals surface area contributed by atoms with Crippen LogP contribution in [0.1, 0.15) is 34.7 Å². The number of morpholine rings is 1. The molecule has 142 valence electrons. The maximum absolute atomic E-state index is 12.7. The number of amides is 2. The number of carbonyl (C=O) groups excluding carboxylic acids is 2. The van der Waals surface area contributed by atoms with Gasteiger partial charge in [0.1, 0.15) is 23.2 Å². The van der Waals surface area contributed by atoms with E-state index in [1.807, 2.05) is 18.7 Å². The largest absolute Gasteiger partial charge is 0.466 e. The van der Waals surface area contributed by atoms with Crippen LogP contribution in [-0.4, -0.2) is 73.1 Å². The Morgan fingerprint density at radius 2 is 2.00 bits per heavy atom. The molecule has 1 aromatic heterocycles. The monoisotopic (exact) mass is 361 g/mol. The Hall–Kier alpha value is -1.86. The van der Waals surface area contributed by atoms with Crippen LogP contribution in [0.2, 0.25) is 0 Å². The van der Waals surface area contributed by atoms with Gasteiger partial charge in [0.2, 0.25) is 5.91 Å². The quantitative estimate of drug-likeness (QED) is 0.864. The Morgan fingerprint density at radius 3 is 2.58 bits per heavy atom. The minimum Gasteiger partial charge on any atom is -0.466 e. The Bertz CT molecular complexity index is 718. The zero-order valence-corrected chi connectivity index (χ0v) is 15.7. The second-order valence-corrected chi connectivity index (χ2v) is 7.99. The van der Waals surface area contributed by atoms with Gasteiger partial charge in [0.15, 0.2) is 0 Å². The number of furan rings is 1. The van der Waals surface area contributed by atoms with Crippen LogP contribution in [0.5, 0.6) is 0 Å². The summed E-state index contributed by atoms with van der Waals surface area (Å²) in [4.78, 5) is 29.0. The second-order valence-electron chi connectivity index (χ2n) is 7.99. The van der Waals surface area contributed by atoms with E-state index < -0.39 is 0 Å². The number of ether oxygens (including phenoxy) is 1. The number of aryl methyl sites for hydroxylation is 2. The van der Waals surface area contributed by atoms with Gasteiger partial charge in [-0.3, -0.25) is 14.5 Å². The summed E-state index contributed by atoms with van der Waals surface area (Å²) in [5, 5.41) is 2.74. The van der Waals surface area contributed by atoms with E-state index in [4.69, 9.17) is 9.15 Å². The zero-order chi connectivity index (χ0) is 18.5. The molecule has 0 aromatic carbocycles. The molecule has 7 heteroatoms. The Labute approximate surface area is 153 Å². The first-order valence-corrected chi connectivity index (χ1v) is 9.37. The Balaban J connectivity index is 1.42. The molecular weight excluding hydrogens is 334 g/mol. The van der Waals surface area contributed by atoms with Crippen molar-refractivity contribution in [2.24, 2.45) is 5.92 Å². The highest BCUT2D eigenvalue weighted by Crippen LogP contribution is 2.36. The predicted molar refractivity (Wildman–Crippen MR) is 94.9 cm³/mol. The summed E-state index contributed by atoms with van der Waals surface area (Å²) < 4.78 is 11.6. The van der Waals surface area contributed by atoms with Crippen molar-refractivity contribution >= 4 is 11.8 Å². The fourth-order valence-electron chi connectivity index (χ4n) is 4.12. The maximum Gasteiger partial charge on any atom is 0.257 e. The van der Waals surface area contributed by atoms with Gasteiger partial charge in [0, 0.05) is 20.1 Å². The van der Waals surface area contributed by atoms with Crippen molar-refractivity contribution in [2.45, 2.75) is 38.3 Å². The molecule has 2 amide bonds. The van der Waals surface area contributed by atoms with Gasteiger partial charge in [0.25, 0.3) is 5.91 Å². The summed E-state index contributed by atoms with van der Waals surface area (Å²) in [6.45, 7) is 6.83. The van der Waals surface area contributed by atoms with Gasteiger partial charge in [0.05, 0.1) is 25.3 Å². The molecule has 3 aliphatic rings. The Morgan fingerprint density at radius 1 is 1.27 bits per heavy atom. The van der Waals surface area contributed by atoms with Gasteiger partial charge < -0.3 is 19.4 Å². The molecule has 0 radical (unpaired) electrons. The molecule has 1 aliphatic carbocycles. The van der Waals surface area contributed by atoms with E-state index in [1.165, 1.54) is 12.8 Å². The lowest BCUT2D eigenvalue weighted by atomic mass is 9.89. The first-order valence-electron chi connectivity index (χ1n) is 9.37. The molecule has 2 saturated heterocycles. The number of hydrogen-bond acceptors (Lipinski definition) is 5. The zero-order valence-electron chi connectivity index (χ0n) is 15.7. The third kappa shape index (κ3) is 3.14. The number of carbonyl (C=O) groups is 2. The number of likely N-dealkylation sites (N-methyl/N-ethyl adjacent to an activating group) is 1. The molecular formula is C19H27N3O4. The highest BCUT2D eigenvalue weighted by Gasteiger charge is 2.52. The standard InChI is InChI=1S/C19H27N3O4/c1-12-6-15(13(2)26-12)18(24)22-10-19(11-22)9-21(7-14-4-5-14)16(8-25-19)17(23)20-3/h6,14,16H,4-5,7-11H2,1-3H3,(H,20,23)/t16-/m0/s1. The molecule has 2 aliphatic heterocycles. The first kappa shape index (κ1) is 17.5. The fourth-order valence-corrected chi connectivity index (χ4v) is 4.12. The van der Waals surface area contributed by atoms with Crippen molar-refractivity contribution in [3.05, 3.63) is 23.2 Å². The van der Waals surface area contributed by atoms with Crippen LogP contribution in [0.4, 0.5) is 0 Å². The van der Waals surface area contributed by atoms with Crippen molar-refractivity contribution in [3.63, 3.8) is 0 Å². The van der Waals surface area contributed by atoms with E-state index in [0.29, 0.717) is 43.5 Å². The normalized spacial score (nSPS) is 25.2. The molecule has 7 nitrogen and oxygen atoms in total. The van der Waals surface area contributed by atoms with Gasteiger partial charge in [-0.25, -0.2) is 0 Å². The molecule has 3 heterocycles. The van der Waals surface area contributed by atoms with Crippen LogP contribution >= 0.6 is 0 Å². The van der Waals surface area contributed by atoms with Gasteiger partial charge in [-0.1, -0.05) is 0 Å². The summed E-state index contributed by atoms with van der Waals surface area (Å²) in [6, 6.07) is 1.57. The Kier molecular flexibility index (Phi) is 4.31. The van der Waals surface area contributed by atoms with Gasteiger partial charge >= 0.3 is 0 Å². The van der Waals surface area contributed by atoms with E-state index >= 15 is 0 Å². The summed E-state index contributed by atoms with van der Waals surface area (Å²) in [5.74, 6) is 2.12. The second kappa shape index (κ2) is 6.39. The van der Waals surface area contributed by atoms with E-state index in [2.05, 4.69) is 10.2 Å². The summed E-state index contributed by atoms with van der Waals surface area (Å²) in [7, 11) is 1.67. The molecule has 3 fully saturated rings. The van der Waals surface area contributed by atoms with Gasteiger partial charge in [-0.2, -0.15) is 0 Å². The third-order valence-electron chi connectivity index (χ3n) is 5.73. The summed E-state index contributed by atoms with van der Waals surface area (Å²) >= 11 is 0. The van der Waals surface area contributed by atoms with Crippen molar-refractivity contribution in [1.82, 2.24) is 15.1 Å². The summed E-state index contributed by atoms with van der Waals surface area (Å²) in [5.41, 5.74) is 0.285. The van der Waals surface area contributed by atoms with E-state index in [1.54, 1.807) is 13.1 Å². The number of hydrogen-bond donors (Lipinski definition) is 1. The van der Waals surface area contributed by atoms with Crippen LogP contribution in [0.15, 0.2) is 10.5 Å².